The Hall–Kier alpha value is -1.88. The summed E-state index contributed by atoms with van der Waals surface area (Å²) < 4.78 is 5.44. The Balaban J connectivity index is 1.72. The first kappa shape index (κ1) is 15.6. The Bertz CT molecular complexity index is 674. The van der Waals surface area contributed by atoms with E-state index < -0.39 is 5.92 Å². The van der Waals surface area contributed by atoms with E-state index in [1.54, 1.807) is 7.11 Å². The van der Waals surface area contributed by atoms with Crippen molar-refractivity contribution in [1.82, 2.24) is 4.90 Å². The predicted molar refractivity (Wildman–Crippen MR) is 90.8 cm³/mol. The molecule has 0 N–H and O–H groups in total. The lowest BCUT2D eigenvalue weighted by Crippen LogP contribution is -2.63. The molecular weight excluding hydrogens is 304 g/mol. The van der Waals surface area contributed by atoms with Gasteiger partial charge in [0.25, 0.3) is 0 Å². The van der Waals surface area contributed by atoms with Crippen LogP contribution in [0, 0.1) is 5.92 Å². The summed E-state index contributed by atoms with van der Waals surface area (Å²) in [6.45, 7) is 3.17. The molecule has 24 heavy (non-hydrogen) atoms. The van der Waals surface area contributed by atoms with Crippen molar-refractivity contribution in [3.8, 4) is 0 Å². The third-order valence-corrected chi connectivity index (χ3v) is 5.95. The van der Waals surface area contributed by atoms with Crippen LogP contribution in [-0.2, 0) is 14.3 Å². The van der Waals surface area contributed by atoms with Crippen molar-refractivity contribution >= 4 is 17.4 Å². The first-order chi connectivity index (χ1) is 11.7. The van der Waals surface area contributed by atoms with Gasteiger partial charge < -0.3 is 14.5 Å². The quantitative estimate of drug-likeness (QED) is 0.798. The highest BCUT2D eigenvalue weighted by Crippen LogP contribution is 2.48. The summed E-state index contributed by atoms with van der Waals surface area (Å²) in [5, 5.41) is 0. The summed E-state index contributed by atoms with van der Waals surface area (Å²) in [6.07, 6.45) is 2.03. The molecule has 2 fully saturated rings. The van der Waals surface area contributed by atoms with E-state index in [2.05, 4.69) is 23.1 Å². The topological polar surface area (TPSA) is 49.9 Å². The molecule has 0 radical (unpaired) electrons. The molecule has 2 saturated heterocycles. The van der Waals surface area contributed by atoms with Crippen molar-refractivity contribution in [2.45, 2.75) is 44.2 Å². The van der Waals surface area contributed by atoms with Gasteiger partial charge in [-0.3, -0.25) is 9.59 Å². The Morgan fingerprint density at radius 2 is 2.04 bits per heavy atom. The maximum atomic E-state index is 12.8. The third kappa shape index (κ3) is 2.10. The molecule has 5 nitrogen and oxygen atoms in total. The monoisotopic (exact) mass is 328 g/mol. The van der Waals surface area contributed by atoms with Crippen molar-refractivity contribution in [3.05, 3.63) is 29.8 Å². The summed E-state index contributed by atoms with van der Waals surface area (Å²) in [5.41, 5.74) is 2.52. The zero-order valence-corrected chi connectivity index (χ0v) is 14.3. The van der Waals surface area contributed by atoms with Gasteiger partial charge in [0.1, 0.15) is 12.5 Å². The molecule has 5 heteroatoms. The molecular formula is C19H24N2O3. The average Bonchev–Trinajstić information content (AvgIpc) is 2.90. The Morgan fingerprint density at radius 3 is 2.79 bits per heavy atom. The molecule has 0 saturated carbocycles. The standard InChI is InChI=1S/C19H24N2O3/c1-3-12-17(22)10-16-18-14(8-9-20(16)19(12)23)13-6-4-5-7-15(13)21(18)11-24-2/h4-7,12,14,16,18H,3,8-11H2,1-2H3/t12-,14?,16-,18?/m0/s1. The summed E-state index contributed by atoms with van der Waals surface area (Å²) in [4.78, 5) is 29.5. The predicted octanol–water partition coefficient (Wildman–Crippen LogP) is 2.16. The van der Waals surface area contributed by atoms with E-state index in [-0.39, 0.29) is 23.8 Å². The number of hydrogen-bond acceptors (Lipinski definition) is 4. The highest BCUT2D eigenvalue weighted by molar-refractivity contribution is 6.04. The molecule has 1 aromatic carbocycles. The molecule has 3 heterocycles. The van der Waals surface area contributed by atoms with Crippen molar-refractivity contribution in [2.24, 2.45) is 5.92 Å². The number of rotatable bonds is 3. The van der Waals surface area contributed by atoms with Crippen molar-refractivity contribution < 1.29 is 14.3 Å². The molecule has 2 unspecified atom stereocenters. The lowest BCUT2D eigenvalue weighted by molar-refractivity contribution is -0.151. The van der Waals surface area contributed by atoms with Gasteiger partial charge in [0.15, 0.2) is 0 Å². The fourth-order valence-electron chi connectivity index (χ4n) is 4.94. The molecule has 128 valence electrons. The Labute approximate surface area is 142 Å². The van der Waals surface area contributed by atoms with Crippen LogP contribution in [0.15, 0.2) is 24.3 Å². The van der Waals surface area contributed by atoms with Crippen molar-refractivity contribution in [1.29, 1.82) is 0 Å². The number of hydrogen-bond donors (Lipinski definition) is 0. The van der Waals surface area contributed by atoms with Gasteiger partial charge in [-0.05, 0) is 24.5 Å². The minimum absolute atomic E-state index is 0.0329. The first-order valence-corrected chi connectivity index (χ1v) is 8.85. The number of anilines is 1. The first-order valence-electron chi connectivity index (χ1n) is 8.85. The third-order valence-electron chi connectivity index (χ3n) is 5.95. The molecule has 3 aliphatic heterocycles. The fraction of sp³-hybridized carbons (Fsp3) is 0.579. The number of fused-ring (bicyclic) bond motifs is 5. The number of para-hydroxylation sites is 1. The summed E-state index contributed by atoms with van der Waals surface area (Å²) in [5.74, 6) is 0.0806. The molecule has 0 aromatic heterocycles. The lowest BCUT2D eigenvalue weighted by Gasteiger charge is -2.49. The normalized spacial score (nSPS) is 31.8. The molecule has 4 atom stereocenters. The van der Waals surface area contributed by atoms with Gasteiger partial charge >= 0.3 is 0 Å². The van der Waals surface area contributed by atoms with Crippen LogP contribution in [0.2, 0.25) is 0 Å². The lowest BCUT2D eigenvalue weighted by atomic mass is 9.77. The van der Waals surface area contributed by atoms with Crippen LogP contribution < -0.4 is 4.90 Å². The van der Waals surface area contributed by atoms with Crippen LogP contribution in [0.3, 0.4) is 0 Å². The van der Waals surface area contributed by atoms with Crippen molar-refractivity contribution in [2.75, 3.05) is 25.3 Å². The molecule has 3 aliphatic rings. The number of ketones is 1. The Morgan fingerprint density at radius 1 is 1.25 bits per heavy atom. The minimum atomic E-state index is -0.433. The van der Waals surface area contributed by atoms with Gasteiger partial charge in [-0.1, -0.05) is 25.1 Å². The number of piperidine rings is 2. The molecule has 1 aromatic rings. The van der Waals surface area contributed by atoms with Gasteiger partial charge in [-0.15, -0.1) is 0 Å². The smallest absolute Gasteiger partial charge is 0.233 e. The summed E-state index contributed by atoms with van der Waals surface area (Å²) in [6, 6.07) is 8.53. The molecule has 4 rings (SSSR count). The van der Waals surface area contributed by atoms with E-state index in [4.69, 9.17) is 4.74 Å². The molecule has 1 amide bonds. The van der Waals surface area contributed by atoms with E-state index in [1.165, 1.54) is 11.3 Å². The number of nitrogens with zero attached hydrogens (tertiary/aromatic N) is 2. The van der Waals surface area contributed by atoms with Gasteiger partial charge in [0.05, 0.1) is 18.0 Å². The SMILES string of the molecule is CC[C@H]1C(=O)C[C@H]2C3C(CCN2C1=O)c1ccccc1N3COC. The van der Waals surface area contributed by atoms with Crippen LogP contribution in [0.25, 0.3) is 0 Å². The molecule has 0 aliphatic carbocycles. The van der Waals surface area contributed by atoms with E-state index in [9.17, 15) is 9.59 Å². The van der Waals surface area contributed by atoms with E-state index in [1.807, 2.05) is 17.9 Å². The molecule has 0 spiro atoms. The maximum absolute atomic E-state index is 12.8. The zero-order valence-electron chi connectivity index (χ0n) is 14.3. The Kier molecular flexibility index (Phi) is 3.83. The van der Waals surface area contributed by atoms with Crippen LogP contribution >= 0.6 is 0 Å². The number of Topliss-reactive ketones (excluding diaryl/α,β-unsaturated/α-hetero) is 1. The fourth-order valence-corrected chi connectivity index (χ4v) is 4.94. The number of carbonyl (C=O) groups is 2. The van der Waals surface area contributed by atoms with E-state index in [0.717, 1.165) is 13.0 Å². The number of ether oxygens (including phenoxy) is 1. The number of benzene rings is 1. The van der Waals surface area contributed by atoms with Crippen LogP contribution in [0.5, 0.6) is 0 Å². The average molecular weight is 328 g/mol. The van der Waals surface area contributed by atoms with Gasteiger partial charge in [0, 0.05) is 31.7 Å². The number of carbonyl (C=O) groups excluding carboxylic acids is 2. The number of methoxy groups -OCH3 is 1. The second kappa shape index (κ2) is 5.88. The summed E-state index contributed by atoms with van der Waals surface area (Å²) in [7, 11) is 1.70. The van der Waals surface area contributed by atoms with Crippen molar-refractivity contribution in [3.63, 3.8) is 0 Å². The van der Waals surface area contributed by atoms with E-state index >= 15 is 0 Å². The molecule has 0 bridgehead atoms. The van der Waals surface area contributed by atoms with Gasteiger partial charge in [0.2, 0.25) is 5.91 Å². The van der Waals surface area contributed by atoms with Gasteiger partial charge in [-0.2, -0.15) is 0 Å². The maximum Gasteiger partial charge on any atom is 0.233 e. The second-order valence-corrected chi connectivity index (χ2v) is 7.06. The van der Waals surface area contributed by atoms with E-state index in [0.29, 0.717) is 25.5 Å². The van der Waals surface area contributed by atoms with Crippen LogP contribution in [-0.4, -0.2) is 49.1 Å². The van der Waals surface area contributed by atoms with Gasteiger partial charge in [-0.25, -0.2) is 0 Å². The van der Waals surface area contributed by atoms with Crippen LogP contribution in [0.1, 0.15) is 37.7 Å². The number of amides is 1. The van der Waals surface area contributed by atoms with Crippen LogP contribution in [0.4, 0.5) is 5.69 Å². The zero-order chi connectivity index (χ0) is 16.8. The second-order valence-electron chi connectivity index (χ2n) is 7.06. The summed E-state index contributed by atoms with van der Waals surface area (Å²) >= 11 is 0. The highest BCUT2D eigenvalue weighted by Gasteiger charge is 2.52. The highest BCUT2D eigenvalue weighted by atomic mass is 16.5. The largest absolute Gasteiger partial charge is 0.364 e. The minimum Gasteiger partial charge on any atom is -0.364 e.